The first-order valence-corrected chi connectivity index (χ1v) is 14.6. The third kappa shape index (κ3) is 7.09. The van der Waals surface area contributed by atoms with Gasteiger partial charge in [-0.3, -0.25) is 4.79 Å². The Labute approximate surface area is 245 Å². The number of carbonyl (C=O) groups excluding carboxylic acids is 1. The minimum absolute atomic E-state index is 0.0799. The van der Waals surface area contributed by atoms with Crippen molar-refractivity contribution in [3.63, 3.8) is 0 Å². The Morgan fingerprint density at radius 3 is 1.83 bits per heavy atom. The van der Waals surface area contributed by atoms with Gasteiger partial charge in [-0.1, -0.05) is 91.0 Å². The van der Waals surface area contributed by atoms with Crippen molar-refractivity contribution in [3.8, 4) is 0 Å². The summed E-state index contributed by atoms with van der Waals surface area (Å²) < 4.78 is 38.3. The largest absolute Gasteiger partial charge is 0.462 e. The zero-order chi connectivity index (χ0) is 28.7. The minimum atomic E-state index is -1.28. The lowest BCUT2D eigenvalue weighted by Crippen LogP contribution is -2.68. The molecule has 0 spiro atoms. The third-order valence-corrected chi connectivity index (χ3v) is 8.76. The molecule has 0 saturated carbocycles. The second kappa shape index (κ2) is 13.8. The molecule has 1 fully saturated rings. The van der Waals surface area contributed by atoms with Crippen LogP contribution >= 0.6 is 11.8 Å². The molecule has 2 aliphatic rings. The van der Waals surface area contributed by atoms with Gasteiger partial charge in [0.2, 0.25) is 0 Å². The number of methoxy groups -OCH3 is 1. The number of hydrogen-bond acceptors (Lipinski definition) is 8. The molecule has 0 bridgehead atoms. The molecule has 1 saturated heterocycles. The Bertz CT molecular complexity index is 1300. The average Bonchev–Trinajstić information content (AvgIpc) is 3.00. The molecular formula is C33H36O7S. The number of carbonyl (C=O) groups is 1. The van der Waals surface area contributed by atoms with Crippen LogP contribution < -0.4 is 0 Å². The van der Waals surface area contributed by atoms with E-state index in [-0.39, 0.29) is 12.4 Å². The quantitative estimate of drug-likeness (QED) is 0.259. The molecule has 3 aromatic rings. The van der Waals surface area contributed by atoms with Gasteiger partial charge in [-0.2, -0.15) is 0 Å². The second-order valence-corrected chi connectivity index (χ2v) is 11.3. The fraction of sp³-hybridized carbons (Fsp3) is 0.364. The van der Waals surface area contributed by atoms with E-state index in [0.29, 0.717) is 30.5 Å². The molecule has 7 nitrogen and oxygen atoms in total. The van der Waals surface area contributed by atoms with E-state index in [2.05, 4.69) is 0 Å². The Morgan fingerprint density at radius 1 is 0.805 bits per heavy atom. The number of fused-ring (bicyclic) bond motifs is 1. The van der Waals surface area contributed by atoms with Crippen molar-refractivity contribution in [2.45, 2.75) is 63.2 Å². The van der Waals surface area contributed by atoms with Gasteiger partial charge >= 0.3 is 0 Å². The monoisotopic (exact) mass is 576 g/mol. The highest BCUT2D eigenvalue weighted by Gasteiger charge is 2.61. The second-order valence-electron chi connectivity index (χ2n) is 10.1. The van der Waals surface area contributed by atoms with Crippen LogP contribution in [0.3, 0.4) is 0 Å². The van der Waals surface area contributed by atoms with Crippen LogP contribution in [0.5, 0.6) is 0 Å². The van der Waals surface area contributed by atoms with Crippen molar-refractivity contribution >= 4 is 17.5 Å². The molecule has 41 heavy (non-hydrogen) atoms. The van der Waals surface area contributed by atoms with E-state index in [0.717, 1.165) is 16.7 Å². The van der Waals surface area contributed by atoms with Crippen LogP contribution in [-0.4, -0.2) is 49.0 Å². The zero-order valence-corrected chi connectivity index (χ0v) is 24.4. The van der Waals surface area contributed by atoms with Crippen LogP contribution in [0.1, 0.15) is 30.5 Å². The van der Waals surface area contributed by atoms with Crippen LogP contribution in [0.2, 0.25) is 0 Å². The number of ether oxygens (including phenoxy) is 6. The van der Waals surface area contributed by atoms with Crippen molar-refractivity contribution in [2.24, 2.45) is 0 Å². The van der Waals surface area contributed by atoms with Gasteiger partial charge in [-0.25, -0.2) is 0 Å². The fourth-order valence-corrected chi connectivity index (χ4v) is 6.44. The standard InChI is InChI=1S/C33H36O7S/c1-23(34)30-24(2)39-33(22-36-19-25-13-7-4-8-14-25)31(41-30)28(37-20-26-15-9-5-10-16-26)29(32(35-3)40-33)38-21-27-17-11-6-12-18-27/h4-18,28-29,31-32H,19-22H2,1-3H3/t28-,29-,31+,32-,33-/m1/s1. The third-order valence-electron chi connectivity index (χ3n) is 7.07. The lowest BCUT2D eigenvalue weighted by Gasteiger charge is -2.53. The molecular weight excluding hydrogens is 540 g/mol. The van der Waals surface area contributed by atoms with Gasteiger partial charge in [0.1, 0.15) is 29.8 Å². The summed E-state index contributed by atoms with van der Waals surface area (Å²) in [5, 5.41) is -0.489. The van der Waals surface area contributed by atoms with Gasteiger partial charge in [-0.15, -0.1) is 11.8 Å². The van der Waals surface area contributed by atoms with E-state index in [4.69, 9.17) is 28.4 Å². The zero-order valence-electron chi connectivity index (χ0n) is 23.6. The van der Waals surface area contributed by atoms with Crippen LogP contribution in [0.15, 0.2) is 102 Å². The lowest BCUT2D eigenvalue weighted by molar-refractivity contribution is -0.374. The van der Waals surface area contributed by atoms with E-state index < -0.39 is 29.5 Å². The summed E-state index contributed by atoms with van der Waals surface area (Å²) in [6.07, 6.45) is -1.99. The maximum Gasteiger partial charge on any atom is 0.250 e. The molecule has 0 unspecified atom stereocenters. The van der Waals surface area contributed by atoms with Crippen molar-refractivity contribution < 1.29 is 33.2 Å². The minimum Gasteiger partial charge on any atom is -0.462 e. The molecule has 3 aromatic carbocycles. The number of hydrogen-bond donors (Lipinski definition) is 0. The van der Waals surface area contributed by atoms with Crippen molar-refractivity contribution in [1.29, 1.82) is 0 Å². The summed E-state index contributed by atoms with van der Waals surface area (Å²) in [6, 6.07) is 29.8. The summed E-state index contributed by atoms with van der Waals surface area (Å²) in [5.41, 5.74) is 3.06. The fourth-order valence-electron chi connectivity index (χ4n) is 5.10. The van der Waals surface area contributed by atoms with Gasteiger partial charge in [0.05, 0.1) is 24.7 Å². The van der Waals surface area contributed by atoms with Crippen LogP contribution in [0.4, 0.5) is 0 Å². The topological polar surface area (TPSA) is 72.5 Å². The molecule has 216 valence electrons. The molecule has 2 heterocycles. The van der Waals surface area contributed by atoms with E-state index in [1.165, 1.54) is 11.8 Å². The highest BCUT2D eigenvalue weighted by Crippen LogP contribution is 2.49. The average molecular weight is 577 g/mol. The van der Waals surface area contributed by atoms with Gasteiger partial charge in [0.25, 0.3) is 5.79 Å². The summed E-state index contributed by atoms with van der Waals surface area (Å²) in [4.78, 5) is 13.2. The molecule has 5 rings (SSSR count). The number of thioether (sulfide) groups is 1. The van der Waals surface area contributed by atoms with Crippen molar-refractivity contribution in [1.82, 2.24) is 0 Å². The molecule has 0 radical (unpaired) electrons. The first-order valence-electron chi connectivity index (χ1n) is 13.7. The first kappa shape index (κ1) is 29.5. The molecule has 0 amide bonds. The van der Waals surface area contributed by atoms with E-state index in [1.54, 1.807) is 21.0 Å². The van der Waals surface area contributed by atoms with Crippen molar-refractivity contribution in [2.75, 3.05) is 13.7 Å². The van der Waals surface area contributed by atoms with E-state index in [9.17, 15) is 4.79 Å². The predicted molar refractivity (Wildman–Crippen MR) is 157 cm³/mol. The molecule has 2 aliphatic heterocycles. The maximum atomic E-state index is 12.7. The molecule has 0 aliphatic carbocycles. The van der Waals surface area contributed by atoms with Gasteiger partial charge in [0, 0.05) is 7.11 Å². The summed E-state index contributed by atoms with van der Waals surface area (Å²) >= 11 is 1.40. The number of allylic oxidation sites excluding steroid dienone is 2. The highest BCUT2D eigenvalue weighted by molar-refractivity contribution is 8.04. The van der Waals surface area contributed by atoms with E-state index >= 15 is 0 Å². The predicted octanol–water partition coefficient (Wildman–Crippen LogP) is 6.03. The number of benzene rings is 3. The van der Waals surface area contributed by atoms with E-state index in [1.807, 2.05) is 91.0 Å². The first-order chi connectivity index (χ1) is 20.0. The molecule has 0 N–H and O–H groups in total. The summed E-state index contributed by atoms with van der Waals surface area (Å²) in [5.74, 6) is -0.872. The Morgan fingerprint density at radius 2 is 1.32 bits per heavy atom. The Kier molecular flexibility index (Phi) is 9.92. The summed E-state index contributed by atoms with van der Waals surface area (Å²) in [6.45, 7) is 4.46. The molecule has 5 atom stereocenters. The van der Waals surface area contributed by atoms with Crippen LogP contribution in [0.25, 0.3) is 0 Å². The number of ketones is 1. The van der Waals surface area contributed by atoms with Gasteiger partial charge < -0.3 is 28.4 Å². The molecule has 0 aromatic heterocycles. The maximum absolute atomic E-state index is 12.7. The SMILES string of the molecule is CO[C@@H]1O[C@@]2(COCc3ccccc3)OC(C)=C(C(C)=O)S[C@H]2[C@H](OCc2ccccc2)[C@H]1OCc1ccccc1. The van der Waals surface area contributed by atoms with Crippen LogP contribution in [-0.2, 0) is 53.0 Å². The number of rotatable bonds is 12. The van der Waals surface area contributed by atoms with Gasteiger partial charge in [-0.05, 0) is 30.5 Å². The lowest BCUT2D eigenvalue weighted by atomic mass is 9.97. The van der Waals surface area contributed by atoms with Gasteiger partial charge in [0.15, 0.2) is 12.1 Å². The Balaban J connectivity index is 1.47. The van der Waals surface area contributed by atoms with Crippen molar-refractivity contribution in [3.05, 3.63) is 118 Å². The summed E-state index contributed by atoms with van der Waals surface area (Å²) in [7, 11) is 1.58. The molecule has 8 heteroatoms. The Hall–Kier alpha value is -2.98. The van der Waals surface area contributed by atoms with Crippen LogP contribution in [0, 0.1) is 0 Å². The number of Topliss-reactive ketones (excluding diaryl/α,β-unsaturated/α-hetero) is 1. The normalized spacial score (nSPS) is 25.8. The highest BCUT2D eigenvalue weighted by atomic mass is 32.2. The smallest absolute Gasteiger partial charge is 0.250 e.